The molecule has 0 spiro atoms. The molecule has 0 radical (unpaired) electrons. The molecule has 1 heterocycles. The van der Waals surface area contributed by atoms with Gasteiger partial charge in [0, 0.05) is 10.0 Å². The van der Waals surface area contributed by atoms with E-state index in [2.05, 4.69) is 21.2 Å². The lowest BCUT2D eigenvalue weighted by Crippen LogP contribution is -2.04. The van der Waals surface area contributed by atoms with Gasteiger partial charge in [-0.05, 0) is 12.1 Å². The van der Waals surface area contributed by atoms with Crippen LogP contribution in [0.3, 0.4) is 0 Å². The summed E-state index contributed by atoms with van der Waals surface area (Å²) in [5.74, 6) is -0.533. The fourth-order valence-electron chi connectivity index (χ4n) is 1.25. The predicted octanol–water partition coefficient (Wildman–Crippen LogP) is 2.08. The molecule has 0 bridgehead atoms. The Morgan fingerprint density at radius 2 is 2.25 bits per heavy atom. The Morgan fingerprint density at radius 1 is 1.50 bits per heavy atom. The third-order valence-corrected chi connectivity index (χ3v) is 2.55. The van der Waals surface area contributed by atoms with Crippen molar-refractivity contribution >= 4 is 27.5 Å². The van der Waals surface area contributed by atoms with Gasteiger partial charge in [0.1, 0.15) is 5.82 Å². The van der Waals surface area contributed by atoms with Crippen molar-refractivity contribution in [2.24, 2.45) is 0 Å². The van der Waals surface area contributed by atoms with E-state index in [4.69, 9.17) is 0 Å². The van der Waals surface area contributed by atoms with Crippen molar-refractivity contribution in [3.05, 3.63) is 28.0 Å². The average molecular weight is 230 g/mol. The summed E-state index contributed by atoms with van der Waals surface area (Å²) >= 11 is 3.25. The van der Waals surface area contributed by atoms with Gasteiger partial charge >= 0.3 is 0 Å². The average Bonchev–Trinajstić information content (AvgIpc) is 2.41. The molecule has 0 saturated carbocycles. The monoisotopic (exact) mass is 229 g/mol. The van der Waals surface area contributed by atoms with E-state index in [-0.39, 0.29) is 18.1 Å². The van der Waals surface area contributed by atoms with Gasteiger partial charge in [0.15, 0.2) is 0 Å². The molecule has 0 aromatic heterocycles. The minimum Gasteiger partial charge on any atom is -0.323 e. The molecule has 0 fully saturated rings. The number of hydrogen-bond donors (Lipinski definition) is 1. The van der Waals surface area contributed by atoms with E-state index in [0.717, 1.165) is 4.47 Å². The summed E-state index contributed by atoms with van der Waals surface area (Å²) in [6.45, 7) is 0. The highest BCUT2D eigenvalue weighted by Crippen LogP contribution is 2.32. The molecule has 1 amide bonds. The van der Waals surface area contributed by atoms with E-state index in [9.17, 15) is 9.18 Å². The zero-order valence-corrected chi connectivity index (χ0v) is 7.61. The van der Waals surface area contributed by atoms with E-state index < -0.39 is 0 Å². The summed E-state index contributed by atoms with van der Waals surface area (Å²) in [7, 11) is 0. The van der Waals surface area contributed by atoms with E-state index in [1.54, 1.807) is 6.07 Å². The van der Waals surface area contributed by atoms with Gasteiger partial charge in [-0.3, -0.25) is 4.79 Å². The number of rotatable bonds is 0. The summed E-state index contributed by atoms with van der Waals surface area (Å²) in [5, 5.41) is 2.46. The number of hydrogen-bond acceptors (Lipinski definition) is 1. The lowest BCUT2D eigenvalue weighted by molar-refractivity contribution is -0.115. The fourth-order valence-corrected chi connectivity index (χ4v) is 1.72. The molecule has 1 aliphatic rings. The van der Waals surface area contributed by atoms with E-state index in [1.165, 1.54) is 6.07 Å². The second-order valence-corrected chi connectivity index (χ2v) is 3.46. The lowest BCUT2D eigenvalue weighted by atomic mass is 10.1. The van der Waals surface area contributed by atoms with Gasteiger partial charge in [0.25, 0.3) is 0 Å². The molecular weight excluding hydrogens is 225 g/mol. The first-order chi connectivity index (χ1) is 5.68. The maximum absolute atomic E-state index is 13.0. The summed E-state index contributed by atoms with van der Waals surface area (Å²) < 4.78 is 13.8. The van der Waals surface area contributed by atoms with Crippen molar-refractivity contribution in [2.75, 3.05) is 5.32 Å². The second kappa shape index (κ2) is 2.55. The molecule has 1 aromatic carbocycles. The van der Waals surface area contributed by atoms with Crippen LogP contribution >= 0.6 is 15.9 Å². The van der Waals surface area contributed by atoms with Crippen LogP contribution in [0.2, 0.25) is 0 Å². The molecule has 2 rings (SSSR count). The Hall–Kier alpha value is -0.900. The van der Waals surface area contributed by atoms with Gasteiger partial charge in [0.05, 0.1) is 12.1 Å². The summed E-state index contributed by atoms with van der Waals surface area (Å²) in [6.07, 6.45) is 0.258. The molecule has 12 heavy (non-hydrogen) atoms. The third-order valence-electron chi connectivity index (χ3n) is 1.81. The zero-order valence-electron chi connectivity index (χ0n) is 6.03. The number of nitrogens with one attached hydrogen (secondary N) is 1. The van der Waals surface area contributed by atoms with Gasteiger partial charge in [-0.2, -0.15) is 0 Å². The Balaban J connectivity index is 2.64. The minimum atomic E-state index is -0.376. The largest absolute Gasteiger partial charge is 0.323 e. The molecule has 0 unspecified atom stereocenters. The fraction of sp³-hybridized carbons (Fsp3) is 0.125. The van der Waals surface area contributed by atoms with Gasteiger partial charge in [-0.1, -0.05) is 15.9 Å². The van der Waals surface area contributed by atoms with Crippen molar-refractivity contribution in [3.8, 4) is 0 Å². The quantitative estimate of drug-likeness (QED) is 0.726. The van der Waals surface area contributed by atoms with Crippen molar-refractivity contribution < 1.29 is 9.18 Å². The lowest BCUT2D eigenvalue weighted by Gasteiger charge is -2.00. The highest BCUT2D eigenvalue weighted by Gasteiger charge is 2.22. The van der Waals surface area contributed by atoms with Crippen molar-refractivity contribution in [1.29, 1.82) is 0 Å². The van der Waals surface area contributed by atoms with Gasteiger partial charge in [-0.15, -0.1) is 0 Å². The Kier molecular flexibility index (Phi) is 1.65. The first-order valence-corrected chi connectivity index (χ1v) is 4.24. The smallest absolute Gasteiger partial charge is 0.229 e. The highest BCUT2D eigenvalue weighted by atomic mass is 79.9. The van der Waals surface area contributed by atoms with Crippen LogP contribution in [-0.4, -0.2) is 5.91 Å². The van der Waals surface area contributed by atoms with Crippen molar-refractivity contribution in [3.63, 3.8) is 0 Å². The first-order valence-electron chi connectivity index (χ1n) is 3.45. The molecule has 1 aromatic rings. The molecule has 0 atom stereocenters. The number of halogens is 2. The molecule has 0 aliphatic carbocycles. The maximum Gasteiger partial charge on any atom is 0.229 e. The Labute approximate surface area is 76.9 Å². The Morgan fingerprint density at radius 3 is 2.92 bits per heavy atom. The van der Waals surface area contributed by atoms with E-state index >= 15 is 0 Å². The van der Waals surface area contributed by atoms with Crippen LogP contribution in [0.5, 0.6) is 0 Å². The SMILES string of the molecule is O=C1Cc2c(Br)ccc(F)c2N1. The Bertz CT molecular complexity index is 331. The first kappa shape index (κ1) is 7.73. The summed E-state index contributed by atoms with van der Waals surface area (Å²) in [5.41, 5.74) is 1.02. The van der Waals surface area contributed by atoms with Crippen LogP contribution in [0.25, 0.3) is 0 Å². The van der Waals surface area contributed by atoms with Crippen LogP contribution in [0.1, 0.15) is 5.56 Å². The summed E-state index contributed by atoms with van der Waals surface area (Å²) in [4.78, 5) is 10.9. The van der Waals surface area contributed by atoms with E-state index in [0.29, 0.717) is 11.3 Å². The number of amides is 1. The number of fused-ring (bicyclic) bond motifs is 1. The van der Waals surface area contributed by atoms with Crippen molar-refractivity contribution in [1.82, 2.24) is 0 Å². The van der Waals surface area contributed by atoms with Crippen LogP contribution < -0.4 is 5.32 Å². The van der Waals surface area contributed by atoms with Crippen LogP contribution in [0.4, 0.5) is 10.1 Å². The van der Waals surface area contributed by atoms with Gasteiger partial charge in [0.2, 0.25) is 5.91 Å². The standard InChI is InChI=1S/C8H5BrFNO/c9-5-1-2-6(10)8-4(5)3-7(12)11-8/h1-2H,3H2,(H,11,12). The zero-order chi connectivity index (χ0) is 8.72. The molecule has 1 aliphatic heterocycles. The van der Waals surface area contributed by atoms with Crippen LogP contribution in [-0.2, 0) is 11.2 Å². The highest BCUT2D eigenvalue weighted by molar-refractivity contribution is 9.10. The second-order valence-electron chi connectivity index (χ2n) is 2.61. The molecule has 1 N–H and O–H groups in total. The normalized spacial score (nSPS) is 14.3. The molecule has 0 saturated heterocycles. The van der Waals surface area contributed by atoms with Gasteiger partial charge < -0.3 is 5.32 Å². The summed E-state index contributed by atoms with van der Waals surface area (Å²) in [6, 6.07) is 2.93. The van der Waals surface area contributed by atoms with Crippen LogP contribution in [0.15, 0.2) is 16.6 Å². The molecular formula is C8H5BrFNO. The van der Waals surface area contributed by atoms with Crippen molar-refractivity contribution in [2.45, 2.75) is 6.42 Å². The number of anilines is 1. The third kappa shape index (κ3) is 1.03. The molecule has 4 heteroatoms. The maximum atomic E-state index is 13.0. The number of carbonyl (C=O) groups is 1. The topological polar surface area (TPSA) is 29.1 Å². The number of benzene rings is 1. The minimum absolute atomic E-state index is 0.157. The molecule has 2 nitrogen and oxygen atoms in total. The predicted molar refractivity (Wildman–Crippen MR) is 46.4 cm³/mol. The van der Waals surface area contributed by atoms with Gasteiger partial charge in [-0.25, -0.2) is 4.39 Å². The van der Waals surface area contributed by atoms with Crippen LogP contribution in [0, 0.1) is 5.82 Å². The number of carbonyl (C=O) groups excluding carboxylic acids is 1. The van der Waals surface area contributed by atoms with E-state index in [1.807, 2.05) is 0 Å². The molecule has 62 valence electrons.